The average molecular weight is 330 g/mol. The third-order valence-corrected chi connectivity index (χ3v) is 4.49. The van der Waals surface area contributed by atoms with Gasteiger partial charge in [-0.05, 0) is 48.6 Å². The molecule has 0 aliphatic carbocycles. The van der Waals surface area contributed by atoms with Gasteiger partial charge in [0.1, 0.15) is 12.1 Å². The summed E-state index contributed by atoms with van der Waals surface area (Å²) in [4.78, 5) is 12.5. The highest BCUT2D eigenvalue weighted by Gasteiger charge is 2.11. The van der Waals surface area contributed by atoms with E-state index in [1.807, 2.05) is 68.4 Å². The quantitative estimate of drug-likeness (QED) is 0.621. The van der Waals surface area contributed by atoms with Crippen LogP contribution >= 0.6 is 0 Å². The fourth-order valence-corrected chi connectivity index (χ4v) is 3.00. The maximum absolute atomic E-state index is 12.5. The summed E-state index contributed by atoms with van der Waals surface area (Å²) in [5, 5.41) is 13.4. The number of carbonyl (C=O) groups is 1. The molecule has 0 aliphatic rings. The van der Waals surface area contributed by atoms with E-state index in [9.17, 15) is 4.79 Å². The second-order valence-corrected chi connectivity index (χ2v) is 6.25. The largest absolute Gasteiger partial charge is 0.324 e. The van der Waals surface area contributed by atoms with E-state index in [4.69, 9.17) is 0 Å². The molecule has 25 heavy (non-hydrogen) atoms. The number of hydrogen-bond acceptors (Lipinski definition) is 3. The third kappa shape index (κ3) is 2.85. The Labute approximate surface area is 145 Å². The van der Waals surface area contributed by atoms with Crippen LogP contribution < -0.4 is 5.32 Å². The van der Waals surface area contributed by atoms with E-state index in [0.717, 1.165) is 33.1 Å². The Bertz CT molecular complexity index is 1090. The molecule has 1 N–H and O–H groups in total. The van der Waals surface area contributed by atoms with Crippen molar-refractivity contribution in [1.82, 2.24) is 15.0 Å². The van der Waals surface area contributed by atoms with Crippen molar-refractivity contribution in [2.75, 3.05) is 5.32 Å². The van der Waals surface area contributed by atoms with Crippen LogP contribution in [0, 0.1) is 13.8 Å². The highest BCUT2D eigenvalue weighted by Crippen LogP contribution is 2.23. The SMILES string of the molecule is Cc1cc2nnn(CC(=O)Nc3cccc4ccccc34)c2cc1C. The Balaban J connectivity index is 1.61. The van der Waals surface area contributed by atoms with Crippen LogP contribution in [0.3, 0.4) is 0 Å². The Morgan fingerprint density at radius 2 is 1.80 bits per heavy atom. The van der Waals surface area contributed by atoms with Crippen LogP contribution in [-0.2, 0) is 11.3 Å². The van der Waals surface area contributed by atoms with Crippen LogP contribution in [0.2, 0.25) is 0 Å². The first-order valence-corrected chi connectivity index (χ1v) is 8.20. The molecular weight excluding hydrogens is 312 g/mol. The molecule has 3 aromatic carbocycles. The van der Waals surface area contributed by atoms with Crippen molar-refractivity contribution in [1.29, 1.82) is 0 Å². The lowest BCUT2D eigenvalue weighted by atomic mass is 10.1. The minimum atomic E-state index is -0.124. The van der Waals surface area contributed by atoms with Crippen molar-refractivity contribution in [3.05, 3.63) is 65.7 Å². The summed E-state index contributed by atoms with van der Waals surface area (Å²) in [6, 6.07) is 17.9. The van der Waals surface area contributed by atoms with E-state index in [-0.39, 0.29) is 12.5 Å². The predicted octanol–water partition coefficient (Wildman–Crippen LogP) is 3.84. The zero-order valence-corrected chi connectivity index (χ0v) is 14.2. The fraction of sp³-hybridized carbons (Fsp3) is 0.150. The lowest BCUT2D eigenvalue weighted by Gasteiger charge is -2.09. The van der Waals surface area contributed by atoms with Crippen molar-refractivity contribution in [3.63, 3.8) is 0 Å². The van der Waals surface area contributed by atoms with E-state index < -0.39 is 0 Å². The molecule has 1 aromatic heterocycles. The summed E-state index contributed by atoms with van der Waals surface area (Å²) in [5.41, 5.74) is 4.81. The molecule has 0 atom stereocenters. The molecule has 0 bridgehead atoms. The van der Waals surface area contributed by atoms with Gasteiger partial charge >= 0.3 is 0 Å². The zero-order valence-electron chi connectivity index (χ0n) is 14.2. The Morgan fingerprint density at radius 1 is 1.04 bits per heavy atom. The van der Waals surface area contributed by atoms with Gasteiger partial charge in [0.15, 0.2) is 0 Å². The number of rotatable bonds is 3. The number of hydrogen-bond donors (Lipinski definition) is 1. The first-order chi connectivity index (χ1) is 12.1. The van der Waals surface area contributed by atoms with Gasteiger partial charge in [-0.25, -0.2) is 4.68 Å². The van der Waals surface area contributed by atoms with Crippen molar-refractivity contribution in [2.45, 2.75) is 20.4 Å². The van der Waals surface area contributed by atoms with Crippen molar-refractivity contribution in [2.24, 2.45) is 0 Å². The molecule has 0 fully saturated rings. The Kier molecular flexibility index (Phi) is 3.69. The molecule has 0 radical (unpaired) electrons. The highest BCUT2D eigenvalue weighted by atomic mass is 16.2. The molecule has 4 rings (SSSR count). The Hall–Kier alpha value is -3.21. The Morgan fingerprint density at radius 3 is 2.68 bits per heavy atom. The third-order valence-electron chi connectivity index (χ3n) is 4.49. The lowest BCUT2D eigenvalue weighted by Crippen LogP contribution is -2.19. The first-order valence-electron chi connectivity index (χ1n) is 8.20. The van der Waals surface area contributed by atoms with Crippen LogP contribution in [0.25, 0.3) is 21.8 Å². The van der Waals surface area contributed by atoms with Crippen LogP contribution in [-0.4, -0.2) is 20.9 Å². The molecule has 0 unspecified atom stereocenters. The molecule has 1 amide bonds. The smallest absolute Gasteiger partial charge is 0.246 e. The van der Waals surface area contributed by atoms with Crippen LogP contribution in [0.4, 0.5) is 5.69 Å². The molecule has 0 aliphatic heterocycles. The number of aromatic nitrogens is 3. The number of nitrogens with zero attached hydrogens (tertiary/aromatic N) is 3. The number of carbonyl (C=O) groups excluding carboxylic acids is 1. The number of nitrogens with one attached hydrogen (secondary N) is 1. The maximum Gasteiger partial charge on any atom is 0.246 e. The van der Waals surface area contributed by atoms with E-state index in [1.165, 1.54) is 5.56 Å². The first kappa shape index (κ1) is 15.3. The van der Waals surface area contributed by atoms with Gasteiger partial charge in [0.2, 0.25) is 5.91 Å². The predicted molar refractivity (Wildman–Crippen MR) is 99.6 cm³/mol. The second-order valence-electron chi connectivity index (χ2n) is 6.25. The number of aryl methyl sites for hydroxylation is 2. The molecule has 0 saturated carbocycles. The van der Waals surface area contributed by atoms with E-state index in [2.05, 4.69) is 15.6 Å². The number of benzene rings is 3. The summed E-state index contributed by atoms with van der Waals surface area (Å²) in [6.45, 7) is 4.21. The van der Waals surface area contributed by atoms with Gasteiger partial charge in [0.25, 0.3) is 0 Å². The highest BCUT2D eigenvalue weighted by molar-refractivity contribution is 6.02. The van der Waals surface area contributed by atoms with Crippen molar-refractivity contribution < 1.29 is 4.79 Å². The van der Waals surface area contributed by atoms with Gasteiger partial charge in [0, 0.05) is 11.1 Å². The standard InChI is InChI=1S/C20H18N4O/c1-13-10-18-19(11-14(13)2)24(23-22-18)12-20(25)21-17-9-5-7-15-6-3-4-8-16(15)17/h3-11H,12H2,1-2H3,(H,21,25). The topological polar surface area (TPSA) is 59.8 Å². The molecular formula is C20H18N4O. The fourth-order valence-electron chi connectivity index (χ4n) is 3.00. The number of anilines is 1. The molecule has 5 nitrogen and oxygen atoms in total. The average Bonchev–Trinajstić information content (AvgIpc) is 2.97. The molecule has 1 heterocycles. The lowest BCUT2D eigenvalue weighted by molar-refractivity contribution is -0.116. The van der Waals surface area contributed by atoms with Gasteiger partial charge in [-0.2, -0.15) is 0 Å². The maximum atomic E-state index is 12.5. The summed E-state index contributed by atoms with van der Waals surface area (Å²) >= 11 is 0. The molecule has 124 valence electrons. The molecule has 0 spiro atoms. The van der Waals surface area contributed by atoms with Crippen LogP contribution in [0.5, 0.6) is 0 Å². The summed E-state index contributed by atoms with van der Waals surface area (Å²) in [6.07, 6.45) is 0. The van der Waals surface area contributed by atoms with Gasteiger partial charge in [-0.3, -0.25) is 4.79 Å². The molecule has 5 heteroatoms. The molecule has 0 saturated heterocycles. The number of amides is 1. The zero-order chi connectivity index (χ0) is 17.4. The summed E-state index contributed by atoms with van der Waals surface area (Å²) in [7, 11) is 0. The van der Waals surface area contributed by atoms with E-state index >= 15 is 0 Å². The van der Waals surface area contributed by atoms with Crippen molar-refractivity contribution >= 4 is 33.4 Å². The monoisotopic (exact) mass is 330 g/mol. The molecule has 4 aromatic rings. The van der Waals surface area contributed by atoms with Gasteiger partial charge < -0.3 is 5.32 Å². The summed E-state index contributed by atoms with van der Waals surface area (Å²) in [5.74, 6) is -0.124. The van der Waals surface area contributed by atoms with E-state index in [0.29, 0.717) is 0 Å². The van der Waals surface area contributed by atoms with Crippen LogP contribution in [0.15, 0.2) is 54.6 Å². The summed E-state index contributed by atoms with van der Waals surface area (Å²) < 4.78 is 1.64. The minimum absolute atomic E-state index is 0.124. The van der Waals surface area contributed by atoms with E-state index in [1.54, 1.807) is 4.68 Å². The second kappa shape index (κ2) is 6.02. The minimum Gasteiger partial charge on any atom is -0.324 e. The normalized spacial score (nSPS) is 11.1. The van der Waals surface area contributed by atoms with Crippen LogP contribution in [0.1, 0.15) is 11.1 Å². The number of fused-ring (bicyclic) bond motifs is 2. The van der Waals surface area contributed by atoms with Gasteiger partial charge in [-0.15, -0.1) is 5.10 Å². The van der Waals surface area contributed by atoms with Gasteiger partial charge in [-0.1, -0.05) is 41.6 Å². The van der Waals surface area contributed by atoms with Crippen molar-refractivity contribution in [3.8, 4) is 0 Å². The van der Waals surface area contributed by atoms with Gasteiger partial charge in [0.05, 0.1) is 5.52 Å².